The molecule has 1 saturated carbocycles. The number of hydrogen-bond acceptors (Lipinski definition) is 2. The number of hydrogen-bond donors (Lipinski definition) is 0. The van der Waals surface area contributed by atoms with Crippen molar-refractivity contribution in [2.24, 2.45) is 5.92 Å². The molecule has 0 amide bonds. The molecule has 1 atom stereocenters. The molecular formula is C15H21IO2. The number of methoxy groups -OCH3 is 1. The molecule has 0 spiro atoms. The number of ether oxygens (including phenoxy) is 2. The zero-order chi connectivity index (χ0) is 12.8. The van der Waals surface area contributed by atoms with Crippen molar-refractivity contribution in [1.29, 1.82) is 0 Å². The fraction of sp³-hybridized carbons (Fsp3) is 0.600. The summed E-state index contributed by atoms with van der Waals surface area (Å²) in [5.41, 5.74) is 1.17. The SMILES string of the molecule is COc1ccccc1C(CI)OCC1CCCC1. The van der Waals surface area contributed by atoms with Crippen molar-refractivity contribution in [3.05, 3.63) is 29.8 Å². The van der Waals surface area contributed by atoms with Crippen LogP contribution in [-0.4, -0.2) is 18.1 Å². The van der Waals surface area contributed by atoms with E-state index in [-0.39, 0.29) is 6.10 Å². The van der Waals surface area contributed by atoms with E-state index >= 15 is 0 Å². The van der Waals surface area contributed by atoms with Crippen LogP contribution in [0.25, 0.3) is 0 Å². The maximum Gasteiger partial charge on any atom is 0.124 e. The number of alkyl halides is 1. The van der Waals surface area contributed by atoms with Gasteiger partial charge in [-0.05, 0) is 24.8 Å². The lowest BCUT2D eigenvalue weighted by atomic mass is 10.1. The summed E-state index contributed by atoms with van der Waals surface area (Å²) < 4.78 is 12.5. The van der Waals surface area contributed by atoms with Crippen LogP contribution < -0.4 is 4.74 Å². The van der Waals surface area contributed by atoms with Gasteiger partial charge in [-0.3, -0.25) is 0 Å². The molecule has 0 aromatic heterocycles. The van der Waals surface area contributed by atoms with Gasteiger partial charge in [0.05, 0.1) is 19.8 Å². The van der Waals surface area contributed by atoms with Gasteiger partial charge in [-0.1, -0.05) is 53.6 Å². The smallest absolute Gasteiger partial charge is 0.124 e. The highest BCUT2D eigenvalue weighted by Crippen LogP contribution is 2.31. The summed E-state index contributed by atoms with van der Waals surface area (Å²) in [6, 6.07) is 8.17. The Labute approximate surface area is 123 Å². The van der Waals surface area contributed by atoms with Crippen molar-refractivity contribution in [2.45, 2.75) is 31.8 Å². The predicted octanol–water partition coefficient (Wildman–Crippen LogP) is 4.38. The maximum atomic E-state index is 6.12. The minimum Gasteiger partial charge on any atom is -0.496 e. The van der Waals surface area contributed by atoms with Crippen LogP contribution in [0.3, 0.4) is 0 Å². The number of benzene rings is 1. The van der Waals surface area contributed by atoms with Crippen LogP contribution in [0.4, 0.5) is 0 Å². The van der Waals surface area contributed by atoms with Crippen molar-refractivity contribution < 1.29 is 9.47 Å². The third-order valence-electron chi connectivity index (χ3n) is 3.63. The Hall–Kier alpha value is -0.290. The Bertz CT molecular complexity index is 361. The lowest BCUT2D eigenvalue weighted by Crippen LogP contribution is -2.13. The molecule has 3 heteroatoms. The van der Waals surface area contributed by atoms with Crippen molar-refractivity contribution in [3.8, 4) is 5.75 Å². The lowest BCUT2D eigenvalue weighted by molar-refractivity contribution is 0.0440. The maximum absolute atomic E-state index is 6.12. The Morgan fingerprint density at radius 1 is 1.28 bits per heavy atom. The van der Waals surface area contributed by atoms with E-state index in [9.17, 15) is 0 Å². The zero-order valence-electron chi connectivity index (χ0n) is 10.9. The van der Waals surface area contributed by atoms with Gasteiger partial charge in [-0.15, -0.1) is 0 Å². The van der Waals surface area contributed by atoms with E-state index in [1.807, 2.05) is 12.1 Å². The summed E-state index contributed by atoms with van der Waals surface area (Å²) in [5.74, 6) is 1.70. The first-order valence-corrected chi connectivity index (χ1v) is 8.18. The van der Waals surface area contributed by atoms with Gasteiger partial charge in [-0.25, -0.2) is 0 Å². The van der Waals surface area contributed by atoms with Crippen LogP contribution >= 0.6 is 22.6 Å². The highest BCUT2D eigenvalue weighted by atomic mass is 127. The monoisotopic (exact) mass is 360 g/mol. The molecule has 100 valence electrons. The third kappa shape index (κ3) is 3.60. The van der Waals surface area contributed by atoms with Gasteiger partial charge in [0, 0.05) is 9.99 Å². The quantitative estimate of drug-likeness (QED) is 0.554. The average Bonchev–Trinajstić information content (AvgIpc) is 2.93. The normalized spacial score (nSPS) is 17.9. The molecule has 1 fully saturated rings. The highest BCUT2D eigenvalue weighted by Gasteiger charge is 2.20. The standard InChI is InChI=1S/C15H21IO2/c1-17-14-9-5-4-8-13(14)15(10-16)18-11-12-6-2-3-7-12/h4-5,8-9,12,15H,2-3,6-7,10-11H2,1H3. The molecule has 1 aliphatic rings. The van der Waals surface area contributed by atoms with Crippen molar-refractivity contribution in [3.63, 3.8) is 0 Å². The van der Waals surface area contributed by atoms with Crippen molar-refractivity contribution >= 4 is 22.6 Å². The summed E-state index contributed by atoms with van der Waals surface area (Å²) in [4.78, 5) is 0. The van der Waals surface area contributed by atoms with Crippen LogP contribution in [0, 0.1) is 5.92 Å². The molecule has 0 heterocycles. The Kier molecular flexibility index (Phi) is 5.76. The molecule has 1 aromatic carbocycles. The van der Waals surface area contributed by atoms with Crippen LogP contribution in [0.1, 0.15) is 37.4 Å². The summed E-state index contributed by atoms with van der Waals surface area (Å²) in [7, 11) is 1.72. The van der Waals surface area contributed by atoms with Crippen LogP contribution in [0.2, 0.25) is 0 Å². The summed E-state index contributed by atoms with van der Waals surface area (Å²) in [6.45, 7) is 0.895. The number of halogens is 1. The first kappa shape index (κ1) is 14.1. The topological polar surface area (TPSA) is 18.5 Å². The second-order valence-electron chi connectivity index (χ2n) is 4.87. The van der Waals surface area contributed by atoms with Gasteiger partial charge in [0.1, 0.15) is 5.75 Å². The van der Waals surface area contributed by atoms with E-state index < -0.39 is 0 Å². The molecule has 0 aliphatic heterocycles. The Morgan fingerprint density at radius 3 is 2.67 bits per heavy atom. The highest BCUT2D eigenvalue weighted by molar-refractivity contribution is 14.1. The molecule has 2 nitrogen and oxygen atoms in total. The molecule has 0 saturated heterocycles. The van der Waals surface area contributed by atoms with E-state index in [4.69, 9.17) is 9.47 Å². The molecule has 2 rings (SSSR count). The Balaban J connectivity index is 1.98. The van der Waals surface area contributed by atoms with Gasteiger partial charge in [0.25, 0.3) is 0 Å². The molecule has 1 aliphatic carbocycles. The zero-order valence-corrected chi connectivity index (χ0v) is 13.1. The Morgan fingerprint density at radius 2 is 2.00 bits per heavy atom. The minimum absolute atomic E-state index is 0.155. The summed E-state index contributed by atoms with van der Waals surface area (Å²) >= 11 is 2.39. The van der Waals surface area contributed by atoms with Crippen LogP contribution in [-0.2, 0) is 4.74 Å². The average molecular weight is 360 g/mol. The van der Waals surface area contributed by atoms with E-state index in [1.165, 1.54) is 31.2 Å². The van der Waals surface area contributed by atoms with Gasteiger partial charge in [0.15, 0.2) is 0 Å². The van der Waals surface area contributed by atoms with E-state index in [1.54, 1.807) is 7.11 Å². The lowest BCUT2D eigenvalue weighted by Gasteiger charge is -2.20. The molecule has 1 aromatic rings. The first-order valence-electron chi connectivity index (χ1n) is 6.65. The summed E-state index contributed by atoms with van der Waals surface area (Å²) in [6.07, 6.45) is 5.57. The second-order valence-corrected chi connectivity index (χ2v) is 5.75. The molecule has 0 N–H and O–H groups in total. The number of para-hydroxylation sites is 1. The van der Waals surface area contributed by atoms with Crippen molar-refractivity contribution in [1.82, 2.24) is 0 Å². The van der Waals surface area contributed by atoms with Crippen LogP contribution in [0.15, 0.2) is 24.3 Å². The first-order chi connectivity index (χ1) is 8.85. The van der Waals surface area contributed by atoms with Gasteiger partial charge in [0.2, 0.25) is 0 Å². The molecule has 0 radical (unpaired) electrons. The predicted molar refractivity (Wildman–Crippen MR) is 82.5 cm³/mol. The molecule has 1 unspecified atom stereocenters. The van der Waals surface area contributed by atoms with E-state index in [0.717, 1.165) is 22.7 Å². The molecule has 18 heavy (non-hydrogen) atoms. The minimum atomic E-state index is 0.155. The molecule has 0 bridgehead atoms. The van der Waals surface area contributed by atoms with E-state index in [2.05, 4.69) is 34.7 Å². The van der Waals surface area contributed by atoms with Gasteiger partial charge < -0.3 is 9.47 Å². The second kappa shape index (κ2) is 7.34. The third-order valence-corrected chi connectivity index (χ3v) is 4.43. The van der Waals surface area contributed by atoms with Crippen LogP contribution in [0.5, 0.6) is 5.75 Å². The van der Waals surface area contributed by atoms with Gasteiger partial charge in [-0.2, -0.15) is 0 Å². The fourth-order valence-electron chi connectivity index (χ4n) is 2.58. The summed E-state index contributed by atoms with van der Waals surface area (Å²) in [5, 5.41) is 0. The molecular weight excluding hydrogens is 339 g/mol. The van der Waals surface area contributed by atoms with E-state index in [0.29, 0.717) is 0 Å². The fourth-order valence-corrected chi connectivity index (χ4v) is 3.31. The number of rotatable bonds is 6. The van der Waals surface area contributed by atoms with Gasteiger partial charge >= 0.3 is 0 Å². The largest absolute Gasteiger partial charge is 0.496 e. The van der Waals surface area contributed by atoms with Crippen molar-refractivity contribution in [2.75, 3.05) is 18.1 Å².